The Morgan fingerprint density at radius 2 is 1.19 bits per heavy atom. The molecule has 0 saturated heterocycles. The maximum absolute atomic E-state index is 2.45. The van der Waals surface area contributed by atoms with Crippen LogP contribution in [0, 0.1) is 0 Å². The first-order chi connectivity index (χ1) is 23.8. The quantitative estimate of drug-likeness (QED) is 0.176. The summed E-state index contributed by atoms with van der Waals surface area (Å²) in [5.74, 6) is 0. The second-order valence-electron chi connectivity index (χ2n) is 12.5. The zero-order chi connectivity index (χ0) is 31.9. The van der Waals surface area contributed by atoms with Crippen LogP contribution in [0.1, 0.15) is 18.4 Å². The van der Waals surface area contributed by atoms with E-state index in [1.165, 1.54) is 70.0 Å². The molecule has 1 aliphatic rings. The van der Waals surface area contributed by atoms with E-state index in [0.29, 0.717) is 0 Å². The van der Waals surface area contributed by atoms with Gasteiger partial charge in [-0.25, -0.2) is 0 Å². The Bertz CT molecular complexity index is 2520. The minimum atomic E-state index is 1.02. The summed E-state index contributed by atoms with van der Waals surface area (Å²) in [6.45, 7) is 0. The number of nitrogens with zero attached hydrogens (tertiary/aromatic N) is 1. The van der Waals surface area contributed by atoms with Crippen molar-refractivity contribution >= 4 is 64.9 Å². The fraction of sp³-hybridized carbons (Fsp3) is 0.0435. The first-order valence-electron chi connectivity index (χ1n) is 16.6. The van der Waals surface area contributed by atoms with Gasteiger partial charge in [-0.3, -0.25) is 0 Å². The summed E-state index contributed by atoms with van der Waals surface area (Å²) in [6, 6.07) is 57.9. The van der Waals surface area contributed by atoms with Crippen molar-refractivity contribution in [2.24, 2.45) is 0 Å². The molecule has 1 heterocycles. The van der Waals surface area contributed by atoms with Crippen LogP contribution in [-0.4, -0.2) is 0 Å². The van der Waals surface area contributed by atoms with Crippen LogP contribution in [0.25, 0.3) is 58.8 Å². The molecule has 2 heteroatoms. The van der Waals surface area contributed by atoms with Gasteiger partial charge in [0.2, 0.25) is 0 Å². The summed E-state index contributed by atoms with van der Waals surface area (Å²) in [5.41, 5.74) is 11.0. The predicted molar refractivity (Wildman–Crippen MR) is 209 cm³/mol. The van der Waals surface area contributed by atoms with Crippen molar-refractivity contribution in [3.63, 3.8) is 0 Å². The third kappa shape index (κ3) is 5.21. The van der Waals surface area contributed by atoms with Crippen molar-refractivity contribution in [3.05, 3.63) is 182 Å². The molecule has 0 aliphatic heterocycles. The van der Waals surface area contributed by atoms with Gasteiger partial charge in [0.15, 0.2) is 0 Å². The number of hydrogen-bond donors (Lipinski definition) is 0. The van der Waals surface area contributed by atoms with Gasteiger partial charge in [-0.2, -0.15) is 0 Å². The second kappa shape index (κ2) is 12.2. The Kier molecular flexibility index (Phi) is 7.22. The van der Waals surface area contributed by atoms with Crippen LogP contribution < -0.4 is 4.90 Å². The van der Waals surface area contributed by atoms with Crippen LogP contribution in [0.5, 0.6) is 0 Å². The summed E-state index contributed by atoms with van der Waals surface area (Å²) in [6.07, 6.45) is 8.84. The Morgan fingerprint density at radius 1 is 0.479 bits per heavy atom. The molecule has 228 valence electrons. The van der Waals surface area contributed by atoms with E-state index in [4.69, 9.17) is 0 Å². The molecule has 0 bridgehead atoms. The van der Waals surface area contributed by atoms with Gasteiger partial charge in [0.25, 0.3) is 0 Å². The van der Waals surface area contributed by atoms with Gasteiger partial charge < -0.3 is 4.90 Å². The second-order valence-corrected chi connectivity index (χ2v) is 13.6. The Hall–Kier alpha value is -5.70. The van der Waals surface area contributed by atoms with Gasteiger partial charge in [-0.05, 0) is 106 Å². The standard InChI is InChI=1S/C46H33NS/c1-3-13-33(14-4-1)41-26-24-38(36-23-22-32-12-7-8-15-34(32)28-36)31-44(41)47(39-17-5-2-6-18-39)40-19-11-16-35(29-40)37-25-27-46-43(30-37)42-20-9-10-21-45(42)48-46/h1-3,5-13,15-31H,4,14H2. The van der Waals surface area contributed by atoms with Crippen LogP contribution in [0.15, 0.2) is 176 Å². The minimum absolute atomic E-state index is 1.02. The van der Waals surface area contributed by atoms with Gasteiger partial charge in [0.05, 0.1) is 5.69 Å². The van der Waals surface area contributed by atoms with Crippen molar-refractivity contribution in [3.8, 4) is 22.3 Å². The molecular formula is C46H33NS. The van der Waals surface area contributed by atoms with E-state index in [0.717, 1.165) is 24.2 Å². The number of rotatable bonds is 6. The normalized spacial score (nSPS) is 12.9. The van der Waals surface area contributed by atoms with E-state index in [1.807, 2.05) is 11.3 Å². The van der Waals surface area contributed by atoms with Gasteiger partial charge in [-0.1, -0.05) is 121 Å². The highest BCUT2D eigenvalue weighted by Crippen LogP contribution is 2.44. The molecule has 1 aromatic heterocycles. The van der Waals surface area contributed by atoms with Gasteiger partial charge in [-0.15, -0.1) is 11.3 Å². The number of para-hydroxylation sites is 1. The molecule has 0 unspecified atom stereocenters. The molecule has 0 radical (unpaired) electrons. The smallest absolute Gasteiger partial charge is 0.0542 e. The molecule has 0 atom stereocenters. The maximum atomic E-state index is 2.45. The summed E-state index contributed by atoms with van der Waals surface area (Å²) in [7, 11) is 0. The SMILES string of the molecule is C1=CCCC(c2ccc(-c3ccc4ccccc4c3)cc2N(c2ccccc2)c2cccc(-c3ccc4sc5ccccc5c4c3)c2)=C1. The highest BCUT2D eigenvalue weighted by atomic mass is 32.1. The molecule has 1 nitrogen and oxygen atoms in total. The molecule has 0 saturated carbocycles. The van der Waals surface area contributed by atoms with Crippen LogP contribution in [-0.2, 0) is 0 Å². The summed E-state index contributed by atoms with van der Waals surface area (Å²) in [5, 5.41) is 5.16. The number of anilines is 3. The largest absolute Gasteiger partial charge is 0.310 e. The molecule has 1 aliphatic carbocycles. The number of hydrogen-bond acceptors (Lipinski definition) is 2. The topological polar surface area (TPSA) is 3.24 Å². The lowest BCUT2D eigenvalue weighted by Gasteiger charge is -2.30. The van der Waals surface area contributed by atoms with Crippen molar-refractivity contribution < 1.29 is 0 Å². The molecule has 0 spiro atoms. The van der Waals surface area contributed by atoms with Crippen molar-refractivity contribution in [2.45, 2.75) is 12.8 Å². The lowest BCUT2D eigenvalue weighted by Crippen LogP contribution is -2.12. The number of thiophene rings is 1. The average molecular weight is 632 g/mol. The zero-order valence-electron chi connectivity index (χ0n) is 26.5. The number of benzene rings is 7. The van der Waals surface area contributed by atoms with E-state index >= 15 is 0 Å². The van der Waals surface area contributed by atoms with Crippen LogP contribution in [0.4, 0.5) is 17.1 Å². The molecule has 8 aromatic rings. The molecule has 0 amide bonds. The highest BCUT2D eigenvalue weighted by molar-refractivity contribution is 7.25. The van der Waals surface area contributed by atoms with Crippen molar-refractivity contribution in [1.29, 1.82) is 0 Å². The summed E-state index contributed by atoms with van der Waals surface area (Å²) < 4.78 is 2.66. The molecule has 7 aromatic carbocycles. The van der Waals surface area contributed by atoms with Crippen LogP contribution in [0.2, 0.25) is 0 Å². The van der Waals surface area contributed by atoms with Gasteiger partial charge in [0.1, 0.15) is 0 Å². The predicted octanol–water partition coefficient (Wildman–Crippen LogP) is 13.7. The van der Waals surface area contributed by atoms with E-state index in [2.05, 4.69) is 181 Å². The third-order valence-electron chi connectivity index (χ3n) is 9.51. The lowest BCUT2D eigenvalue weighted by atomic mass is 9.92. The Labute approximate surface area is 285 Å². The third-order valence-corrected chi connectivity index (χ3v) is 10.7. The fourth-order valence-electron chi connectivity index (χ4n) is 7.10. The van der Waals surface area contributed by atoms with Gasteiger partial charge >= 0.3 is 0 Å². The zero-order valence-corrected chi connectivity index (χ0v) is 27.3. The van der Waals surface area contributed by atoms with Crippen LogP contribution >= 0.6 is 11.3 Å². The first kappa shape index (κ1) is 28.5. The lowest BCUT2D eigenvalue weighted by molar-refractivity contribution is 1.05. The molecular weight excluding hydrogens is 599 g/mol. The first-order valence-corrected chi connectivity index (χ1v) is 17.5. The summed E-state index contributed by atoms with van der Waals surface area (Å²) >= 11 is 1.86. The van der Waals surface area contributed by atoms with Gasteiger partial charge in [0, 0.05) is 37.1 Å². The molecule has 0 N–H and O–H groups in total. The van der Waals surface area contributed by atoms with Crippen LogP contribution in [0.3, 0.4) is 0 Å². The summed E-state index contributed by atoms with van der Waals surface area (Å²) in [4.78, 5) is 2.45. The van der Waals surface area contributed by atoms with E-state index < -0.39 is 0 Å². The van der Waals surface area contributed by atoms with Crippen molar-refractivity contribution in [1.82, 2.24) is 0 Å². The fourth-order valence-corrected chi connectivity index (χ4v) is 8.18. The highest BCUT2D eigenvalue weighted by Gasteiger charge is 2.20. The molecule has 0 fully saturated rings. The Balaban J connectivity index is 1.23. The van der Waals surface area contributed by atoms with Crippen molar-refractivity contribution in [2.75, 3.05) is 4.90 Å². The van der Waals surface area contributed by atoms with E-state index in [9.17, 15) is 0 Å². The monoisotopic (exact) mass is 631 g/mol. The molecule has 9 rings (SSSR count). The van der Waals surface area contributed by atoms with E-state index in [-0.39, 0.29) is 0 Å². The maximum Gasteiger partial charge on any atom is 0.0542 e. The average Bonchev–Trinajstić information content (AvgIpc) is 3.54. The molecule has 48 heavy (non-hydrogen) atoms. The Morgan fingerprint density at radius 3 is 2.08 bits per heavy atom. The minimum Gasteiger partial charge on any atom is -0.310 e. The number of allylic oxidation sites excluding steroid dienone is 4. The van der Waals surface area contributed by atoms with E-state index in [1.54, 1.807) is 0 Å². The number of fused-ring (bicyclic) bond motifs is 4.